The molecule has 18 heavy (non-hydrogen) atoms. The maximum absolute atomic E-state index is 9.61. The number of hydrogen-bond donors (Lipinski definition) is 2. The van der Waals surface area contributed by atoms with Crippen molar-refractivity contribution in [1.82, 2.24) is 4.90 Å². The monoisotopic (exact) mass is 268 g/mol. The van der Waals surface area contributed by atoms with Crippen LogP contribution in [0.15, 0.2) is 12.1 Å². The molecule has 0 amide bonds. The number of rotatable bonds is 4. The van der Waals surface area contributed by atoms with Crippen LogP contribution in [0.2, 0.25) is 0 Å². The molecule has 4 heteroatoms. The summed E-state index contributed by atoms with van der Waals surface area (Å²) in [6, 6.07) is 4.92. The molecule has 1 aliphatic rings. The molecule has 0 bridgehead atoms. The zero-order chi connectivity index (χ0) is 13.3. The Morgan fingerprint density at radius 1 is 1.56 bits per heavy atom. The second-order valence-electron chi connectivity index (χ2n) is 5.51. The van der Waals surface area contributed by atoms with E-state index in [0.29, 0.717) is 5.92 Å². The molecule has 2 rings (SSSR count). The average molecular weight is 268 g/mol. The molecule has 4 atom stereocenters. The second kappa shape index (κ2) is 5.70. The second-order valence-corrected chi connectivity index (χ2v) is 6.83. The van der Waals surface area contributed by atoms with E-state index < -0.39 is 0 Å². The first-order valence-electron chi connectivity index (χ1n) is 6.73. The van der Waals surface area contributed by atoms with Crippen molar-refractivity contribution >= 4 is 11.3 Å². The molecular formula is C14H24N2OS. The molecule has 102 valence electrons. The van der Waals surface area contributed by atoms with Gasteiger partial charge < -0.3 is 10.8 Å². The molecule has 2 heterocycles. The molecule has 4 unspecified atom stereocenters. The van der Waals surface area contributed by atoms with Gasteiger partial charge in [-0.2, -0.15) is 0 Å². The van der Waals surface area contributed by atoms with Crippen LogP contribution in [-0.4, -0.2) is 35.2 Å². The summed E-state index contributed by atoms with van der Waals surface area (Å²) < 4.78 is 0. The number of thiophene rings is 1. The molecule has 3 N–H and O–H groups in total. The van der Waals surface area contributed by atoms with Gasteiger partial charge in [-0.05, 0) is 44.9 Å². The van der Waals surface area contributed by atoms with Crippen molar-refractivity contribution in [2.75, 3.05) is 13.2 Å². The van der Waals surface area contributed by atoms with Crippen molar-refractivity contribution in [2.45, 2.75) is 45.3 Å². The van der Waals surface area contributed by atoms with E-state index in [2.05, 4.69) is 37.8 Å². The first-order valence-corrected chi connectivity index (χ1v) is 7.54. The maximum atomic E-state index is 9.61. The molecule has 1 fully saturated rings. The zero-order valence-electron chi connectivity index (χ0n) is 11.5. The summed E-state index contributed by atoms with van der Waals surface area (Å²) >= 11 is 1.82. The first-order chi connectivity index (χ1) is 8.54. The van der Waals surface area contributed by atoms with Crippen LogP contribution in [0.3, 0.4) is 0 Å². The van der Waals surface area contributed by atoms with E-state index in [-0.39, 0.29) is 24.7 Å². The number of hydrogen-bond acceptors (Lipinski definition) is 4. The fraction of sp³-hybridized carbons (Fsp3) is 0.714. The van der Waals surface area contributed by atoms with Crippen molar-refractivity contribution in [3.05, 3.63) is 21.9 Å². The van der Waals surface area contributed by atoms with E-state index in [9.17, 15) is 5.11 Å². The minimum atomic E-state index is 0.0856. The average Bonchev–Trinajstić information content (AvgIpc) is 2.86. The van der Waals surface area contributed by atoms with E-state index in [0.717, 1.165) is 13.0 Å². The van der Waals surface area contributed by atoms with Gasteiger partial charge >= 0.3 is 0 Å². The lowest BCUT2D eigenvalue weighted by Crippen LogP contribution is -2.44. The third kappa shape index (κ3) is 2.62. The lowest BCUT2D eigenvalue weighted by atomic mass is 10.0. The van der Waals surface area contributed by atoms with Gasteiger partial charge in [-0.1, -0.05) is 6.92 Å². The summed E-state index contributed by atoms with van der Waals surface area (Å²) in [6.07, 6.45) is 1.15. The Hall–Kier alpha value is -0.420. The molecule has 1 aromatic heterocycles. The van der Waals surface area contributed by atoms with E-state index in [1.807, 2.05) is 11.3 Å². The van der Waals surface area contributed by atoms with Crippen molar-refractivity contribution < 1.29 is 5.11 Å². The Kier molecular flexibility index (Phi) is 4.43. The van der Waals surface area contributed by atoms with Crippen LogP contribution < -0.4 is 5.73 Å². The third-order valence-corrected chi connectivity index (χ3v) is 5.09. The van der Waals surface area contributed by atoms with Gasteiger partial charge in [0.15, 0.2) is 0 Å². The van der Waals surface area contributed by atoms with E-state index in [1.165, 1.54) is 9.75 Å². The molecule has 0 radical (unpaired) electrons. The summed E-state index contributed by atoms with van der Waals surface area (Å²) in [4.78, 5) is 5.05. The molecule has 0 spiro atoms. The van der Waals surface area contributed by atoms with Crippen LogP contribution in [0.1, 0.15) is 36.1 Å². The van der Waals surface area contributed by atoms with Crippen molar-refractivity contribution in [3.63, 3.8) is 0 Å². The molecule has 0 aliphatic carbocycles. The van der Waals surface area contributed by atoms with E-state index >= 15 is 0 Å². The highest BCUT2D eigenvalue weighted by Crippen LogP contribution is 2.36. The van der Waals surface area contributed by atoms with Crippen LogP contribution in [0.4, 0.5) is 0 Å². The van der Waals surface area contributed by atoms with Crippen LogP contribution in [0.5, 0.6) is 0 Å². The minimum absolute atomic E-state index is 0.0856. The van der Waals surface area contributed by atoms with Crippen molar-refractivity contribution in [1.29, 1.82) is 0 Å². The Bertz CT molecular complexity index is 391. The third-order valence-electron chi connectivity index (χ3n) is 4.02. The Labute approximate surface area is 114 Å². The molecule has 1 aromatic rings. The summed E-state index contributed by atoms with van der Waals surface area (Å²) in [7, 11) is 0. The van der Waals surface area contributed by atoms with E-state index in [4.69, 9.17) is 5.73 Å². The number of aliphatic hydroxyl groups excluding tert-OH is 1. The van der Waals surface area contributed by atoms with E-state index in [1.54, 1.807) is 0 Å². The number of aliphatic hydroxyl groups is 1. The smallest absolute Gasteiger partial charge is 0.0594 e. The molecule has 1 saturated heterocycles. The van der Waals surface area contributed by atoms with Gasteiger partial charge in [0.2, 0.25) is 0 Å². The Balaban J connectivity index is 2.25. The lowest BCUT2D eigenvalue weighted by molar-refractivity contribution is 0.0942. The van der Waals surface area contributed by atoms with Crippen LogP contribution >= 0.6 is 11.3 Å². The van der Waals surface area contributed by atoms with Gasteiger partial charge in [0.05, 0.1) is 12.6 Å². The molecule has 1 aliphatic heterocycles. The molecule has 3 nitrogen and oxygen atoms in total. The Morgan fingerprint density at radius 2 is 2.28 bits per heavy atom. The molecule has 0 saturated carbocycles. The van der Waals surface area contributed by atoms with Gasteiger partial charge in [-0.3, -0.25) is 4.90 Å². The summed E-state index contributed by atoms with van der Waals surface area (Å²) in [5.74, 6) is 0.553. The fourth-order valence-corrected chi connectivity index (χ4v) is 4.12. The highest BCUT2D eigenvalue weighted by molar-refractivity contribution is 7.12. The summed E-state index contributed by atoms with van der Waals surface area (Å²) in [5.41, 5.74) is 6.20. The number of likely N-dealkylation sites (tertiary alicyclic amines) is 1. The SMILES string of the molecule is Cc1ccc(C(C(C)N)N2CCC(C)C2CO)s1. The highest BCUT2D eigenvalue weighted by Gasteiger charge is 2.37. The van der Waals surface area contributed by atoms with Crippen molar-refractivity contribution in [2.24, 2.45) is 11.7 Å². The number of nitrogens with zero attached hydrogens (tertiary/aromatic N) is 1. The molecule has 0 aromatic carbocycles. The van der Waals surface area contributed by atoms with Gasteiger partial charge in [-0.25, -0.2) is 0 Å². The Morgan fingerprint density at radius 3 is 2.78 bits per heavy atom. The zero-order valence-corrected chi connectivity index (χ0v) is 12.3. The fourth-order valence-electron chi connectivity index (χ4n) is 3.00. The standard InChI is InChI=1S/C14H24N2OS/c1-9-6-7-16(12(9)8-17)14(11(3)15)13-5-4-10(2)18-13/h4-5,9,11-12,14,17H,6-8,15H2,1-3H3. The molecular weight excluding hydrogens is 244 g/mol. The normalized spacial score (nSPS) is 28.5. The largest absolute Gasteiger partial charge is 0.395 e. The highest BCUT2D eigenvalue weighted by atomic mass is 32.1. The first kappa shape index (κ1) is 14.0. The predicted molar refractivity (Wildman–Crippen MR) is 76.8 cm³/mol. The maximum Gasteiger partial charge on any atom is 0.0594 e. The van der Waals surface area contributed by atoms with Gasteiger partial charge in [-0.15, -0.1) is 11.3 Å². The van der Waals surface area contributed by atoms with Crippen LogP contribution in [0, 0.1) is 12.8 Å². The van der Waals surface area contributed by atoms with Crippen LogP contribution in [0.25, 0.3) is 0 Å². The quantitative estimate of drug-likeness (QED) is 0.879. The van der Waals surface area contributed by atoms with Crippen LogP contribution in [-0.2, 0) is 0 Å². The number of nitrogens with two attached hydrogens (primary N) is 1. The topological polar surface area (TPSA) is 49.5 Å². The van der Waals surface area contributed by atoms with Gasteiger partial charge in [0, 0.05) is 21.8 Å². The minimum Gasteiger partial charge on any atom is -0.395 e. The summed E-state index contributed by atoms with van der Waals surface area (Å²) in [5, 5.41) is 9.61. The summed E-state index contributed by atoms with van der Waals surface area (Å²) in [6.45, 7) is 7.68. The van der Waals surface area contributed by atoms with Gasteiger partial charge in [0.1, 0.15) is 0 Å². The van der Waals surface area contributed by atoms with Crippen molar-refractivity contribution in [3.8, 4) is 0 Å². The lowest BCUT2D eigenvalue weighted by Gasteiger charge is -2.35. The predicted octanol–water partition coefficient (Wildman–Crippen LogP) is 2.15. The number of aryl methyl sites for hydroxylation is 1. The van der Waals surface area contributed by atoms with Gasteiger partial charge in [0.25, 0.3) is 0 Å².